The van der Waals surface area contributed by atoms with Crippen LogP contribution >= 0.6 is 11.6 Å². The van der Waals surface area contributed by atoms with Crippen LogP contribution in [-0.2, 0) is 22.6 Å². The minimum Gasteiger partial charge on any atom is -0.497 e. The van der Waals surface area contributed by atoms with Gasteiger partial charge in [0.15, 0.2) is 0 Å². The number of aromatic amines is 1. The third-order valence-corrected chi connectivity index (χ3v) is 6.23. The third-order valence-electron chi connectivity index (χ3n) is 5.94. The number of hydrogen-bond acceptors (Lipinski definition) is 4. The molecule has 3 heterocycles. The highest BCUT2D eigenvalue weighted by molar-refractivity contribution is 6.31. The summed E-state index contributed by atoms with van der Waals surface area (Å²) < 4.78 is 18.8. The molecule has 2 aromatic carbocycles. The number of anilines is 1. The number of nitrogens with one attached hydrogen (secondary N) is 1. The Morgan fingerprint density at radius 1 is 1.20 bits per heavy atom. The highest BCUT2D eigenvalue weighted by Gasteiger charge is 2.43. The summed E-state index contributed by atoms with van der Waals surface area (Å²) in [4.78, 5) is 32.3. The number of carbonyl (C=O) groups is 2. The van der Waals surface area contributed by atoms with Crippen LogP contribution in [0.4, 0.5) is 10.1 Å². The summed E-state index contributed by atoms with van der Waals surface area (Å²) in [5.41, 5.74) is 3.60. The van der Waals surface area contributed by atoms with Gasteiger partial charge in [0.2, 0.25) is 5.91 Å². The Morgan fingerprint density at radius 3 is 2.80 bits per heavy atom. The number of hydrogen-bond donors (Lipinski definition) is 1. The molecule has 1 unspecified atom stereocenters. The molecule has 0 radical (unpaired) electrons. The van der Waals surface area contributed by atoms with Crippen LogP contribution in [0.5, 0.6) is 5.75 Å². The zero-order chi connectivity index (χ0) is 21.0. The Morgan fingerprint density at radius 2 is 2.03 bits per heavy atom. The lowest BCUT2D eigenvalue weighted by atomic mass is 10.0. The van der Waals surface area contributed by atoms with Crippen LogP contribution in [0.2, 0.25) is 5.02 Å². The molecule has 1 atom stereocenters. The van der Waals surface area contributed by atoms with Crippen molar-refractivity contribution >= 4 is 40.0 Å². The number of imide groups is 1. The van der Waals surface area contributed by atoms with Crippen molar-refractivity contribution < 1.29 is 18.7 Å². The summed E-state index contributed by atoms with van der Waals surface area (Å²) in [5, 5.41) is 1.01. The Kier molecular flexibility index (Phi) is 4.52. The predicted molar refractivity (Wildman–Crippen MR) is 111 cm³/mol. The minimum absolute atomic E-state index is 0.0945. The van der Waals surface area contributed by atoms with Gasteiger partial charge in [0.1, 0.15) is 11.6 Å². The van der Waals surface area contributed by atoms with Crippen LogP contribution in [0, 0.1) is 5.82 Å². The maximum absolute atomic E-state index is 13.5. The van der Waals surface area contributed by atoms with Crippen molar-refractivity contribution in [3.8, 4) is 5.75 Å². The normalized spacial score (nSPS) is 19.6. The summed E-state index contributed by atoms with van der Waals surface area (Å²) in [6.45, 7) is 1.22. The van der Waals surface area contributed by atoms with E-state index in [9.17, 15) is 14.0 Å². The molecule has 154 valence electrons. The lowest BCUT2D eigenvalue weighted by Crippen LogP contribution is -2.44. The van der Waals surface area contributed by atoms with Crippen molar-refractivity contribution in [2.24, 2.45) is 0 Å². The molecule has 0 bridgehead atoms. The van der Waals surface area contributed by atoms with Gasteiger partial charge in [-0.1, -0.05) is 11.6 Å². The average Bonchev–Trinajstić information content (AvgIpc) is 3.25. The zero-order valence-electron chi connectivity index (χ0n) is 16.2. The first kappa shape index (κ1) is 19.1. The Bertz CT molecular complexity index is 1190. The van der Waals surface area contributed by atoms with E-state index in [-0.39, 0.29) is 23.3 Å². The second-order valence-corrected chi connectivity index (χ2v) is 8.01. The Labute approximate surface area is 177 Å². The molecule has 0 aliphatic carbocycles. The lowest BCUT2D eigenvalue weighted by molar-refractivity contribution is -0.123. The van der Waals surface area contributed by atoms with E-state index in [2.05, 4.69) is 4.98 Å². The summed E-state index contributed by atoms with van der Waals surface area (Å²) in [7, 11) is 1.64. The van der Waals surface area contributed by atoms with E-state index in [4.69, 9.17) is 16.3 Å². The van der Waals surface area contributed by atoms with Gasteiger partial charge < -0.3 is 9.72 Å². The maximum atomic E-state index is 13.5. The van der Waals surface area contributed by atoms with Crippen molar-refractivity contribution in [3.63, 3.8) is 0 Å². The van der Waals surface area contributed by atoms with Gasteiger partial charge in [0, 0.05) is 29.7 Å². The number of carbonyl (C=O) groups excluding carboxylic acids is 2. The number of aromatic nitrogens is 1. The van der Waals surface area contributed by atoms with Crippen LogP contribution in [-0.4, -0.2) is 41.4 Å². The monoisotopic (exact) mass is 427 g/mol. The van der Waals surface area contributed by atoms with Crippen LogP contribution < -0.4 is 9.64 Å². The largest absolute Gasteiger partial charge is 0.497 e. The molecule has 1 N–H and O–H groups in total. The van der Waals surface area contributed by atoms with E-state index >= 15 is 0 Å². The van der Waals surface area contributed by atoms with Gasteiger partial charge in [0.25, 0.3) is 5.91 Å². The first-order valence-corrected chi connectivity index (χ1v) is 10.1. The number of halogens is 2. The van der Waals surface area contributed by atoms with Crippen LogP contribution in [0.1, 0.15) is 17.7 Å². The van der Waals surface area contributed by atoms with E-state index in [1.165, 1.54) is 17.7 Å². The number of fused-ring (bicyclic) bond motifs is 3. The molecule has 2 amide bonds. The number of H-pyrrole nitrogens is 1. The smallest absolute Gasteiger partial charge is 0.251 e. The topological polar surface area (TPSA) is 65.6 Å². The van der Waals surface area contributed by atoms with Crippen molar-refractivity contribution in [3.05, 3.63) is 58.5 Å². The molecule has 2 aliphatic heterocycles. The number of amides is 2. The van der Waals surface area contributed by atoms with Crippen LogP contribution in [0.25, 0.3) is 10.9 Å². The minimum atomic E-state index is -0.588. The molecule has 2 aliphatic rings. The van der Waals surface area contributed by atoms with Gasteiger partial charge in [-0.2, -0.15) is 0 Å². The van der Waals surface area contributed by atoms with E-state index in [1.807, 2.05) is 23.1 Å². The van der Waals surface area contributed by atoms with Crippen LogP contribution in [0.15, 0.2) is 36.4 Å². The number of nitrogens with zero attached hydrogens (tertiary/aromatic N) is 2. The van der Waals surface area contributed by atoms with E-state index in [1.54, 1.807) is 7.11 Å². The predicted octanol–water partition coefficient (Wildman–Crippen LogP) is 3.66. The van der Waals surface area contributed by atoms with Gasteiger partial charge in [-0.25, -0.2) is 9.29 Å². The maximum Gasteiger partial charge on any atom is 0.251 e. The van der Waals surface area contributed by atoms with E-state index < -0.39 is 11.9 Å². The highest BCUT2D eigenvalue weighted by Crippen LogP contribution is 2.34. The average molecular weight is 428 g/mol. The first-order valence-electron chi connectivity index (χ1n) is 9.69. The van der Waals surface area contributed by atoms with Crippen LogP contribution in [0.3, 0.4) is 0 Å². The molecular weight excluding hydrogens is 409 g/mol. The number of benzene rings is 2. The number of methoxy groups -OCH3 is 1. The van der Waals surface area contributed by atoms with Gasteiger partial charge >= 0.3 is 0 Å². The standard InChI is InChI=1S/C22H19ClFN3O3/c1-30-13-3-5-18-15(9-13)14-6-7-26(11-19(14)25-18)20-10-21(28)27(22(20)29)12-2-4-17(24)16(23)8-12/h2-5,8-9,20,25H,6-7,10-11H2,1H3. The fraction of sp³-hybridized carbons (Fsp3) is 0.273. The van der Waals surface area contributed by atoms with Crippen molar-refractivity contribution in [2.45, 2.75) is 25.4 Å². The van der Waals surface area contributed by atoms with Gasteiger partial charge in [-0.05, 0) is 48.4 Å². The number of rotatable bonds is 3. The molecule has 0 spiro atoms. The van der Waals surface area contributed by atoms with Gasteiger partial charge in [-0.15, -0.1) is 0 Å². The molecule has 1 aromatic heterocycles. The lowest BCUT2D eigenvalue weighted by Gasteiger charge is -2.30. The molecule has 30 heavy (non-hydrogen) atoms. The molecule has 5 rings (SSSR count). The Hall–Kier alpha value is -2.90. The van der Waals surface area contributed by atoms with E-state index in [0.29, 0.717) is 18.8 Å². The number of ether oxygens (including phenoxy) is 1. The van der Waals surface area contributed by atoms with Crippen molar-refractivity contribution in [1.82, 2.24) is 9.88 Å². The van der Waals surface area contributed by atoms with Gasteiger partial charge in [0.05, 0.1) is 30.3 Å². The highest BCUT2D eigenvalue weighted by atomic mass is 35.5. The summed E-state index contributed by atoms with van der Waals surface area (Å²) in [5.74, 6) is -0.393. The quantitative estimate of drug-likeness (QED) is 0.648. The molecule has 3 aromatic rings. The van der Waals surface area contributed by atoms with Gasteiger partial charge in [-0.3, -0.25) is 14.5 Å². The summed E-state index contributed by atoms with van der Waals surface area (Å²) in [6.07, 6.45) is 0.861. The summed E-state index contributed by atoms with van der Waals surface area (Å²) >= 11 is 5.84. The van der Waals surface area contributed by atoms with E-state index in [0.717, 1.165) is 39.7 Å². The molecular formula is C22H19ClFN3O3. The second-order valence-electron chi connectivity index (χ2n) is 7.60. The summed E-state index contributed by atoms with van der Waals surface area (Å²) in [6, 6.07) is 9.25. The molecule has 1 saturated heterocycles. The zero-order valence-corrected chi connectivity index (χ0v) is 17.0. The molecule has 6 nitrogen and oxygen atoms in total. The molecule has 0 saturated carbocycles. The van der Waals surface area contributed by atoms with Crippen molar-refractivity contribution in [2.75, 3.05) is 18.6 Å². The molecule has 1 fully saturated rings. The second kappa shape index (κ2) is 7.11. The Balaban J connectivity index is 1.41. The van der Waals surface area contributed by atoms with Crippen molar-refractivity contribution in [1.29, 1.82) is 0 Å². The first-order chi connectivity index (χ1) is 14.5. The fourth-order valence-corrected chi connectivity index (χ4v) is 4.61. The molecule has 8 heteroatoms. The fourth-order valence-electron chi connectivity index (χ4n) is 4.43. The third kappa shape index (κ3) is 2.97. The SMILES string of the molecule is COc1ccc2[nH]c3c(c2c1)CCN(C1CC(=O)N(c2ccc(F)c(Cl)c2)C1=O)C3.